The second-order valence-corrected chi connectivity index (χ2v) is 9.32. The highest BCUT2D eigenvalue weighted by molar-refractivity contribution is 6.31. The highest BCUT2D eigenvalue weighted by atomic mass is 35.5. The lowest BCUT2D eigenvalue weighted by molar-refractivity contribution is 0.108. The number of carbonyl (C=O) groups is 1. The summed E-state index contributed by atoms with van der Waals surface area (Å²) in [6.07, 6.45) is 2.63. The molecule has 0 aliphatic carbocycles. The van der Waals surface area contributed by atoms with Gasteiger partial charge < -0.3 is 25.0 Å². The van der Waals surface area contributed by atoms with Gasteiger partial charge in [-0.15, -0.1) is 0 Å². The quantitative estimate of drug-likeness (QED) is 0.305. The van der Waals surface area contributed by atoms with E-state index in [-0.39, 0.29) is 22.8 Å². The zero-order chi connectivity index (χ0) is 26.5. The molecule has 1 aromatic heterocycles. The first kappa shape index (κ1) is 25.5. The average Bonchev–Trinajstić information content (AvgIpc) is 2.95. The minimum absolute atomic E-state index is 0.0131. The summed E-state index contributed by atoms with van der Waals surface area (Å²) in [5.74, 6) is 0.898. The summed E-state index contributed by atoms with van der Waals surface area (Å²) in [5.41, 5.74) is 1.87. The molecule has 8 nitrogen and oxygen atoms in total. The molecule has 4 aromatic rings. The topological polar surface area (TPSA) is 88.6 Å². The normalized spacial score (nSPS) is 13.8. The van der Waals surface area contributed by atoms with Crippen molar-refractivity contribution in [1.29, 1.82) is 0 Å². The van der Waals surface area contributed by atoms with Gasteiger partial charge in [0.15, 0.2) is 17.3 Å². The lowest BCUT2D eigenvalue weighted by atomic mass is 10.1. The fourth-order valence-corrected chi connectivity index (χ4v) is 4.56. The van der Waals surface area contributed by atoms with Crippen LogP contribution in [0.3, 0.4) is 0 Å². The van der Waals surface area contributed by atoms with E-state index in [2.05, 4.69) is 20.6 Å². The first-order valence-corrected chi connectivity index (χ1v) is 12.7. The van der Waals surface area contributed by atoms with Gasteiger partial charge in [0.05, 0.1) is 23.3 Å². The smallest absolute Gasteiger partial charge is 0.317 e. The van der Waals surface area contributed by atoms with Gasteiger partial charge in [0, 0.05) is 43.9 Å². The average molecular weight is 536 g/mol. The van der Waals surface area contributed by atoms with Gasteiger partial charge in [-0.25, -0.2) is 19.2 Å². The predicted molar refractivity (Wildman–Crippen MR) is 145 cm³/mol. The third-order valence-electron chi connectivity index (χ3n) is 6.43. The Hall–Kier alpha value is -4.11. The van der Waals surface area contributed by atoms with Crippen molar-refractivity contribution in [1.82, 2.24) is 20.2 Å². The molecular formula is C28H27ClFN5O3. The molecule has 10 heteroatoms. The molecule has 1 aliphatic heterocycles. The molecule has 2 heterocycles. The molecule has 1 aliphatic rings. The van der Waals surface area contributed by atoms with Gasteiger partial charge >= 0.3 is 6.03 Å². The minimum Gasteiger partial charge on any atom is -0.493 e. The van der Waals surface area contributed by atoms with Crippen molar-refractivity contribution < 1.29 is 18.7 Å². The van der Waals surface area contributed by atoms with Crippen molar-refractivity contribution in [2.45, 2.75) is 25.5 Å². The maximum absolute atomic E-state index is 14.5. The molecule has 0 atom stereocenters. The number of rotatable bonds is 7. The number of carbonyl (C=O) groups excluding carboxylic acids is 1. The number of hydrogen-bond donors (Lipinski definition) is 2. The summed E-state index contributed by atoms with van der Waals surface area (Å²) >= 11 is 5.93. The fourth-order valence-electron chi connectivity index (χ4n) is 4.38. The van der Waals surface area contributed by atoms with Gasteiger partial charge in [-0.3, -0.25) is 0 Å². The van der Waals surface area contributed by atoms with E-state index >= 15 is 0 Å². The molecule has 2 N–H and O–H groups in total. The van der Waals surface area contributed by atoms with Crippen LogP contribution in [-0.2, 0) is 6.54 Å². The molecule has 0 radical (unpaired) electrons. The Bertz CT molecular complexity index is 1430. The van der Waals surface area contributed by atoms with Crippen molar-refractivity contribution >= 4 is 40.0 Å². The molecule has 5 rings (SSSR count). The van der Waals surface area contributed by atoms with Crippen molar-refractivity contribution in [2.75, 3.05) is 25.5 Å². The number of methoxy groups -OCH3 is 1. The maximum atomic E-state index is 14.5. The predicted octanol–water partition coefficient (Wildman–Crippen LogP) is 5.93. The zero-order valence-corrected chi connectivity index (χ0v) is 21.5. The minimum atomic E-state index is -0.564. The van der Waals surface area contributed by atoms with Gasteiger partial charge in [-0.1, -0.05) is 48.0 Å². The van der Waals surface area contributed by atoms with Gasteiger partial charge in [-0.05, 0) is 23.8 Å². The van der Waals surface area contributed by atoms with Gasteiger partial charge in [0.2, 0.25) is 0 Å². The number of ether oxygens (including phenoxy) is 2. The first-order chi connectivity index (χ1) is 18.5. The summed E-state index contributed by atoms with van der Waals surface area (Å²) in [5, 5.41) is 6.64. The molecule has 0 spiro atoms. The molecule has 196 valence electrons. The lowest BCUT2D eigenvalue weighted by Crippen LogP contribution is -2.46. The number of hydrogen-bond acceptors (Lipinski definition) is 6. The highest BCUT2D eigenvalue weighted by Gasteiger charge is 2.25. The van der Waals surface area contributed by atoms with Gasteiger partial charge in [0.1, 0.15) is 18.2 Å². The lowest BCUT2D eigenvalue weighted by Gasteiger charge is -2.32. The van der Waals surface area contributed by atoms with E-state index in [9.17, 15) is 9.18 Å². The number of fused-ring (bicyclic) bond motifs is 1. The number of halogens is 2. The molecule has 0 unspecified atom stereocenters. The monoisotopic (exact) mass is 535 g/mol. The first-order valence-electron chi connectivity index (χ1n) is 12.3. The van der Waals surface area contributed by atoms with Crippen LogP contribution in [0.1, 0.15) is 18.4 Å². The van der Waals surface area contributed by atoms with E-state index in [0.29, 0.717) is 60.7 Å². The Morgan fingerprint density at radius 3 is 2.63 bits per heavy atom. The van der Waals surface area contributed by atoms with E-state index in [1.165, 1.54) is 12.4 Å². The number of likely N-dealkylation sites (tertiary alicyclic amines) is 1. The zero-order valence-electron chi connectivity index (χ0n) is 20.8. The van der Waals surface area contributed by atoms with Crippen molar-refractivity contribution in [3.05, 3.63) is 83.4 Å². The van der Waals surface area contributed by atoms with Gasteiger partial charge in [-0.2, -0.15) is 0 Å². The molecule has 1 saturated heterocycles. The number of benzene rings is 3. The van der Waals surface area contributed by atoms with Crippen molar-refractivity contribution in [2.24, 2.45) is 0 Å². The van der Waals surface area contributed by atoms with E-state index in [4.69, 9.17) is 21.1 Å². The molecular weight excluding hydrogens is 509 g/mol. The number of nitrogens with zero attached hydrogens (tertiary/aromatic N) is 3. The van der Waals surface area contributed by atoms with Crippen molar-refractivity contribution in [3.63, 3.8) is 0 Å². The molecule has 38 heavy (non-hydrogen) atoms. The Morgan fingerprint density at radius 1 is 1.08 bits per heavy atom. The Balaban J connectivity index is 1.27. The standard InChI is InChI=1S/C28H27ClFN5O3/c1-37-24-15-23-20(27(33-17-32-23)34-22-9-5-8-21(29)26(22)30)14-25(24)38-19-10-12-35(13-11-19)28(36)31-16-18-6-3-2-4-7-18/h2-9,14-15,17,19H,10-13,16H2,1H3,(H,31,36)(H,32,33,34). The summed E-state index contributed by atoms with van der Waals surface area (Å²) < 4.78 is 26.4. The largest absolute Gasteiger partial charge is 0.493 e. The Kier molecular flexibility index (Phi) is 7.74. The second kappa shape index (κ2) is 11.5. The van der Waals surface area contributed by atoms with Crippen LogP contribution < -0.4 is 20.1 Å². The van der Waals surface area contributed by atoms with Crippen molar-refractivity contribution in [3.8, 4) is 11.5 Å². The van der Waals surface area contributed by atoms with Gasteiger partial charge in [0.25, 0.3) is 0 Å². The maximum Gasteiger partial charge on any atom is 0.317 e. The van der Waals surface area contributed by atoms with Crippen LogP contribution in [0, 0.1) is 5.82 Å². The van der Waals surface area contributed by atoms with Crippen LogP contribution in [0.15, 0.2) is 67.0 Å². The molecule has 3 aromatic carbocycles. The second-order valence-electron chi connectivity index (χ2n) is 8.92. The van der Waals surface area contributed by atoms with Crippen LogP contribution in [0.4, 0.5) is 20.7 Å². The number of nitrogens with one attached hydrogen (secondary N) is 2. The number of piperidine rings is 1. The molecule has 0 bridgehead atoms. The SMILES string of the molecule is COc1cc2ncnc(Nc3cccc(Cl)c3F)c2cc1OC1CCN(C(=O)NCc2ccccc2)CC1. The number of aromatic nitrogens is 2. The Morgan fingerprint density at radius 2 is 1.87 bits per heavy atom. The number of urea groups is 1. The van der Waals surface area contributed by atoms with Crippen LogP contribution in [-0.4, -0.2) is 47.2 Å². The van der Waals surface area contributed by atoms with Crippen LogP contribution in [0.5, 0.6) is 11.5 Å². The summed E-state index contributed by atoms with van der Waals surface area (Å²) in [6, 6.07) is 18.0. The van der Waals surface area contributed by atoms with Crippen LogP contribution in [0.2, 0.25) is 5.02 Å². The molecule has 1 fully saturated rings. The third kappa shape index (κ3) is 5.73. The number of amides is 2. The summed E-state index contributed by atoms with van der Waals surface area (Å²) in [6.45, 7) is 1.64. The Labute approximate surface area is 224 Å². The van der Waals surface area contributed by atoms with E-state index in [0.717, 1.165) is 5.56 Å². The van der Waals surface area contributed by atoms with Crippen LogP contribution in [0.25, 0.3) is 10.9 Å². The van der Waals surface area contributed by atoms with E-state index in [1.807, 2.05) is 30.3 Å². The fraction of sp³-hybridized carbons (Fsp3) is 0.250. The number of anilines is 2. The van der Waals surface area contributed by atoms with E-state index in [1.54, 1.807) is 36.3 Å². The summed E-state index contributed by atoms with van der Waals surface area (Å²) in [4.78, 5) is 23.1. The highest BCUT2D eigenvalue weighted by Crippen LogP contribution is 2.36. The molecule has 0 saturated carbocycles. The summed E-state index contributed by atoms with van der Waals surface area (Å²) in [7, 11) is 1.56. The molecule has 2 amide bonds. The third-order valence-corrected chi connectivity index (χ3v) is 6.73. The van der Waals surface area contributed by atoms with Crippen LogP contribution >= 0.6 is 11.6 Å². The van der Waals surface area contributed by atoms with E-state index < -0.39 is 5.82 Å².